The molecular weight excluding hydrogens is 332 g/mol. The minimum Gasteiger partial charge on any atom is -0.343 e. The van der Waals surface area contributed by atoms with Gasteiger partial charge in [-0.1, -0.05) is 29.8 Å². The van der Waals surface area contributed by atoms with Crippen molar-refractivity contribution in [3.05, 3.63) is 64.1 Å². The van der Waals surface area contributed by atoms with Crippen molar-refractivity contribution in [3.63, 3.8) is 0 Å². The Morgan fingerprint density at radius 3 is 2.38 bits per heavy atom. The predicted molar refractivity (Wildman–Crippen MR) is 86.3 cm³/mol. The van der Waals surface area contributed by atoms with Crippen molar-refractivity contribution in [2.24, 2.45) is 0 Å². The molecule has 21 heavy (non-hydrogen) atoms. The maximum Gasteiger partial charge on any atom is 0.252 e. The Balaban J connectivity index is 1.88. The van der Waals surface area contributed by atoms with Gasteiger partial charge in [0.2, 0.25) is 5.91 Å². The van der Waals surface area contributed by atoms with Crippen molar-refractivity contribution < 1.29 is 9.59 Å². The number of carbonyl (C=O) groups excluding carboxylic acids is 2. The second-order valence-corrected chi connectivity index (χ2v) is 5.43. The smallest absolute Gasteiger partial charge is 0.252 e. The lowest BCUT2D eigenvalue weighted by Gasteiger charge is -2.08. The van der Waals surface area contributed by atoms with Crippen LogP contribution in [0.25, 0.3) is 0 Å². The molecule has 0 atom stereocenters. The van der Waals surface area contributed by atoms with E-state index in [4.69, 9.17) is 0 Å². The average molecular weight is 347 g/mol. The summed E-state index contributed by atoms with van der Waals surface area (Å²) >= 11 is 3.30. The fraction of sp³-hybridized carbons (Fsp3) is 0.125. The van der Waals surface area contributed by atoms with Gasteiger partial charge in [0.25, 0.3) is 5.91 Å². The first kappa shape index (κ1) is 15.3. The van der Waals surface area contributed by atoms with Crippen LogP contribution in [0.3, 0.4) is 0 Å². The highest BCUT2D eigenvalue weighted by atomic mass is 79.9. The largest absolute Gasteiger partial charge is 0.343 e. The summed E-state index contributed by atoms with van der Waals surface area (Å²) in [5.74, 6) is -0.555. The van der Waals surface area contributed by atoms with E-state index >= 15 is 0 Å². The molecule has 4 nitrogen and oxygen atoms in total. The first-order chi connectivity index (χ1) is 10.1. The van der Waals surface area contributed by atoms with Gasteiger partial charge in [0, 0.05) is 10.2 Å². The van der Waals surface area contributed by atoms with Gasteiger partial charge < -0.3 is 10.6 Å². The second kappa shape index (κ2) is 7.04. The molecule has 0 heterocycles. The number of carbonyl (C=O) groups is 2. The average Bonchev–Trinajstić information content (AvgIpc) is 2.48. The Morgan fingerprint density at radius 1 is 1.05 bits per heavy atom. The zero-order chi connectivity index (χ0) is 15.2. The first-order valence-electron chi connectivity index (χ1n) is 6.45. The van der Waals surface area contributed by atoms with Gasteiger partial charge in [-0.3, -0.25) is 9.59 Å². The van der Waals surface area contributed by atoms with Crippen LogP contribution in [0.2, 0.25) is 0 Å². The Bertz CT molecular complexity index is 654. The fourth-order valence-corrected chi connectivity index (χ4v) is 2.21. The fourth-order valence-electron chi connectivity index (χ4n) is 1.74. The van der Waals surface area contributed by atoms with E-state index in [1.54, 1.807) is 18.2 Å². The number of benzene rings is 2. The number of halogens is 1. The van der Waals surface area contributed by atoms with Gasteiger partial charge >= 0.3 is 0 Å². The molecule has 0 bridgehead atoms. The summed E-state index contributed by atoms with van der Waals surface area (Å²) in [4.78, 5) is 23.7. The third kappa shape index (κ3) is 4.43. The van der Waals surface area contributed by atoms with E-state index in [-0.39, 0.29) is 18.4 Å². The van der Waals surface area contributed by atoms with E-state index < -0.39 is 0 Å². The van der Waals surface area contributed by atoms with E-state index in [2.05, 4.69) is 26.6 Å². The van der Waals surface area contributed by atoms with E-state index in [0.29, 0.717) is 15.7 Å². The number of hydrogen-bond acceptors (Lipinski definition) is 2. The minimum atomic E-state index is -0.290. The number of rotatable bonds is 4. The lowest BCUT2D eigenvalue weighted by Crippen LogP contribution is -2.33. The molecule has 2 rings (SSSR count). The number of amides is 2. The topological polar surface area (TPSA) is 58.2 Å². The summed E-state index contributed by atoms with van der Waals surface area (Å²) < 4.78 is 0.696. The Kier molecular flexibility index (Phi) is 5.11. The maximum atomic E-state index is 11.9. The zero-order valence-electron chi connectivity index (χ0n) is 11.5. The quantitative estimate of drug-likeness (QED) is 0.893. The lowest BCUT2D eigenvalue weighted by molar-refractivity contribution is -0.115. The molecule has 2 aromatic carbocycles. The van der Waals surface area contributed by atoms with Crippen molar-refractivity contribution in [1.82, 2.24) is 5.32 Å². The molecule has 2 aromatic rings. The van der Waals surface area contributed by atoms with Gasteiger partial charge in [-0.25, -0.2) is 0 Å². The van der Waals surface area contributed by atoms with Crippen LogP contribution in [-0.4, -0.2) is 18.4 Å². The molecule has 2 N–H and O–H groups in total. The molecule has 0 aliphatic carbocycles. The third-order valence-corrected chi connectivity index (χ3v) is 3.55. The monoisotopic (exact) mass is 346 g/mol. The third-order valence-electron chi connectivity index (χ3n) is 2.86. The van der Waals surface area contributed by atoms with Gasteiger partial charge in [0.15, 0.2) is 0 Å². The van der Waals surface area contributed by atoms with Gasteiger partial charge in [0.05, 0.1) is 12.1 Å². The van der Waals surface area contributed by atoms with Crippen molar-refractivity contribution in [2.45, 2.75) is 6.92 Å². The van der Waals surface area contributed by atoms with Crippen LogP contribution in [-0.2, 0) is 4.79 Å². The SMILES string of the molecule is Cc1ccc(NC(=O)CNC(=O)c2ccccc2Br)cc1. The number of anilines is 1. The highest BCUT2D eigenvalue weighted by Crippen LogP contribution is 2.15. The van der Waals surface area contributed by atoms with E-state index in [1.807, 2.05) is 37.3 Å². The Hall–Kier alpha value is -2.14. The summed E-state index contributed by atoms with van der Waals surface area (Å²) in [5.41, 5.74) is 2.33. The van der Waals surface area contributed by atoms with Crippen LogP contribution < -0.4 is 10.6 Å². The van der Waals surface area contributed by atoms with Crippen LogP contribution in [0.4, 0.5) is 5.69 Å². The van der Waals surface area contributed by atoms with Crippen molar-refractivity contribution in [2.75, 3.05) is 11.9 Å². The van der Waals surface area contributed by atoms with Crippen LogP contribution in [0, 0.1) is 6.92 Å². The molecule has 0 spiro atoms. The molecule has 0 saturated heterocycles. The summed E-state index contributed by atoms with van der Waals surface area (Å²) in [6.45, 7) is 1.90. The lowest BCUT2D eigenvalue weighted by atomic mass is 10.2. The summed E-state index contributed by atoms with van der Waals surface area (Å²) in [6.07, 6.45) is 0. The summed E-state index contributed by atoms with van der Waals surface area (Å²) in [5, 5.41) is 5.32. The van der Waals surface area contributed by atoms with Crippen LogP contribution in [0.15, 0.2) is 53.0 Å². The van der Waals surface area contributed by atoms with Gasteiger partial charge in [-0.05, 0) is 47.1 Å². The normalized spacial score (nSPS) is 10.0. The first-order valence-corrected chi connectivity index (χ1v) is 7.25. The van der Waals surface area contributed by atoms with Gasteiger partial charge in [0.1, 0.15) is 0 Å². The highest BCUT2D eigenvalue weighted by molar-refractivity contribution is 9.10. The molecule has 0 aliphatic heterocycles. The van der Waals surface area contributed by atoms with Crippen LogP contribution >= 0.6 is 15.9 Å². The predicted octanol–water partition coefficient (Wildman–Crippen LogP) is 3.13. The Morgan fingerprint density at radius 2 is 1.71 bits per heavy atom. The molecule has 0 fully saturated rings. The van der Waals surface area contributed by atoms with Gasteiger partial charge in [-0.15, -0.1) is 0 Å². The standard InChI is InChI=1S/C16H15BrN2O2/c1-11-6-8-12(9-7-11)19-15(20)10-18-16(21)13-4-2-3-5-14(13)17/h2-9H,10H2,1H3,(H,18,21)(H,19,20). The summed E-state index contributed by atoms with van der Waals surface area (Å²) in [6, 6.07) is 14.5. The van der Waals surface area contributed by atoms with Crippen LogP contribution in [0.1, 0.15) is 15.9 Å². The molecular formula is C16H15BrN2O2. The number of hydrogen-bond donors (Lipinski definition) is 2. The summed E-state index contributed by atoms with van der Waals surface area (Å²) in [7, 11) is 0. The molecule has 2 amide bonds. The molecule has 108 valence electrons. The van der Waals surface area contributed by atoms with E-state index in [9.17, 15) is 9.59 Å². The van der Waals surface area contributed by atoms with Gasteiger partial charge in [-0.2, -0.15) is 0 Å². The maximum absolute atomic E-state index is 11.9. The minimum absolute atomic E-state index is 0.0754. The van der Waals surface area contributed by atoms with Crippen molar-refractivity contribution in [1.29, 1.82) is 0 Å². The van der Waals surface area contributed by atoms with Crippen LogP contribution in [0.5, 0.6) is 0 Å². The molecule has 0 aliphatic rings. The zero-order valence-corrected chi connectivity index (χ0v) is 13.1. The Labute approximate surface area is 131 Å². The highest BCUT2D eigenvalue weighted by Gasteiger charge is 2.10. The van der Waals surface area contributed by atoms with Crippen molar-refractivity contribution in [3.8, 4) is 0 Å². The van der Waals surface area contributed by atoms with E-state index in [0.717, 1.165) is 5.56 Å². The molecule has 5 heteroatoms. The molecule has 0 unspecified atom stereocenters. The number of nitrogens with one attached hydrogen (secondary N) is 2. The van der Waals surface area contributed by atoms with E-state index in [1.165, 1.54) is 0 Å². The molecule has 0 radical (unpaired) electrons. The molecule has 0 aromatic heterocycles. The molecule has 0 saturated carbocycles. The number of aryl methyl sites for hydroxylation is 1. The van der Waals surface area contributed by atoms with Crippen molar-refractivity contribution >= 4 is 33.4 Å². The second-order valence-electron chi connectivity index (χ2n) is 4.58.